The highest BCUT2D eigenvalue weighted by atomic mass is 16.5. The van der Waals surface area contributed by atoms with Crippen molar-refractivity contribution in [2.45, 2.75) is 25.8 Å². The van der Waals surface area contributed by atoms with E-state index < -0.39 is 5.41 Å². The number of fused-ring (bicyclic) bond motifs is 3. The first-order valence-electron chi connectivity index (χ1n) is 11.7. The van der Waals surface area contributed by atoms with Gasteiger partial charge in [-0.3, -0.25) is 4.79 Å². The Morgan fingerprint density at radius 3 is 2.30 bits per heavy atom. The predicted octanol–water partition coefficient (Wildman–Crippen LogP) is 6.66. The van der Waals surface area contributed by atoms with Gasteiger partial charge in [0, 0.05) is 18.2 Å². The molecular formula is C30H27NO2. The Hall–Kier alpha value is -3.59. The highest BCUT2D eigenvalue weighted by Crippen LogP contribution is 2.52. The summed E-state index contributed by atoms with van der Waals surface area (Å²) >= 11 is 0. The van der Waals surface area contributed by atoms with Gasteiger partial charge in [-0.2, -0.15) is 0 Å². The average Bonchev–Trinajstić information content (AvgIpc) is 3.31. The first-order valence-corrected chi connectivity index (χ1v) is 11.7. The van der Waals surface area contributed by atoms with Crippen LogP contribution in [0.1, 0.15) is 24.0 Å². The minimum absolute atomic E-state index is 0.0452. The fourth-order valence-corrected chi connectivity index (χ4v) is 5.86. The van der Waals surface area contributed by atoms with Crippen LogP contribution in [0.2, 0.25) is 0 Å². The van der Waals surface area contributed by atoms with Crippen molar-refractivity contribution >= 4 is 33.2 Å². The lowest BCUT2D eigenvalue weighted by Crippen LogP contribution is -2.31. The number of ether oxygens (including phenoxy) is 1. The van der Waals surface area contributed by atoms with E-state index in [-0.39, 0.29) is 11.9 Å². The molecular weight excluding hydrogens is 406 g/mol. The molecule has 1 N–H and O–H groups in total. The Balaban J connectivity index is 1.24. The summed E-state index contributed by atoms with van der Waals surface area (Å²) in [5.74, 6) is 0.228. The SMILES string of the molecule is C=C1CC2COC(=O)C2(Cc2ccc(NCc3c4ccccc4cc4ccccc34)cc2)C1. The smallest absolute Gasteiger partial charge is 0.313 e. The normalized spacial score (nSPS) is 22.0. The summed E-state index contributed by atoms with van der Waals surface area (Å²) in [6, 6.07) is 28.0. The quantitative estimate of drug-likeness (QED) is 0.217. The van der Waals surface area contributed by atoms with E-state index in [1.165, 1.54) is 38.2 Å². The summed E-state index contributed by atoms with van der Waals surface area (Å²) in [7, 11) is 0. The zero-order valence-electron chi connectivity index (χ0n) is 18.6. The van der Waals surface area contributed by atoms with Crippen LogP contribution in [0.3, 0.4) is 0 Å². The maximum absolute atomic E-state index is 12.6. The van der Waals surface area contributed by atoms with E-state index in [9.17, 15) is 4.79 Å². The maximum atomic E-state index is 12.6. The molecule has 1 aliphatic heterocycles. The summed E-state index contributed by atoms with van der Waals surface area (Å²) in [6.07, 6.45) is 2.39. The summed E-state index contributed by atoms with van der Waals surface area (Å²) < 4.78 is 5.43. The number of hydrogen-bond acceptors (Lipinski definition) is 3. The fourth-order valence-electron chi connectivity index (χ4n) is 5.86. The van der Waals surface area contributed by atoms with Crippen LogP contribution in [0.25, 0.3) is 21.5 Å². The summed E-state index contributed by atoms with van der Waals surface area (Å²) in [4.78, 5) is 12.6. The van der Waals surface area contributed by atoms with Gasteiger partial charge >= 0.3 is 5.97 Å². The van der Waals surface area contributed by atoms with Gasteiger partial charge in [0.05, 0.1) is 12.0 Å². The first kappa shape index (κ1) is 20.0. The Morgan fingerprint density at radius 1 is 0.939 bits per heavy atom. The third-order valence-corrected chi connectivity index (χ3v) is 7.53. The molecule has 0 spiro atoms. The minimum Gasteiger partial charge on any atom is -0.465 e. The van der Waals surface area contributed by atoms with Gasteiger partial charge in [0.1, 0.15) is 0 Å². The Morgan fingerprint density at radius 2 is 1.61 bits per heavy atom. The topological polar surface area (TPSA) is 38.3 Å². The van der Waals surface area contributed by atoms with Gasteiger partial charge in [0.15, 0.2) is 0 Å². The molecule has 0 aromatic heterocycles. The van der Waals surface area contributed by atoms with Crippen molar-refractivity contribution < 1.29 is 9.53 Å². The van der Waals surface area contributed by atoms with Crippen LogP contribution in [0.15, 0.2) is 91.0 Å². The molecule has 6 rings (SSSR count). The minimum atomic E-state index is -0.409. The van der Waals surface area contributed by atoms with Gasteiger partial charge in [0.25, 0.3) is 0 Å². The molecule has 0 bridgehead atoms. The van der Waals surface area contributed by atoms with E-state index >= 15 is 0 Å². The van der Waals surface area contributed by atoms with E-state index in [1.807, 2.05) is 0 Å². The highest BCUT2D eigenvalue weighted by Gasteiger charge is 2.55. The average molecular weight is 434 g/mol. The molecule has 3 heteroatoms. The van der Waals surface area contributed by atoms with Crippen LogP contribution in [-0.4, -0.2) is 12.6 Å². The van der Waals surface area contributed by atoms with Crippen molar-refractivity contribution in [1.29, 1.82) is 0 Å². The highest BCUT2D eigenvalue weighted by molar-refractivity contribution is 6.02. The van der Waals surface area contributed by atoms with Crippen LogP contribution < -0.4 is 5.32 Å². The van der Waals surface area contributed by atoms with E-state index in [1.54, 1.807) is 0 Å². The molecule has 1 saturated carbocycles. The van der Waals surface area contributed by atoms with Gasteiger partial charge in [0.2, 0.25) is 0 Å². The van der Waals surface area contributed by atoms with Gasteiger partial charge in [-0.15, -0.1) is 0 Å². The van der Waals surface area contributed by atoms with Crippen molar-refractivity contribution in [3.8, 4) is 0 Å². The van der Waals surface area contributed by atoms with Crippen LogP contribution >= 0.6 is 0 Å². The second-order valence-electron chi connectivity index (χ2n) is 9.61. The summed E-state index contributed by atoms with van der Waals surface area (Å²) in [6.45, 7) is 5.44. The predicted molar refractivity (Wildman–Crippen MR) is 134 cm³/mol. The summed E-state index contributed by atoms with van der Waals surface area (Å²) in [5, 5.41) is 8.71. The number of nitrogens with one attached hydrogen (secondary N) is 1. The third-order valence-electron chi connectivity index (χ3n) is 7.53. The molecule has 3 nitrogen and oxygen atoms in total. The standard InChI is InChI=1S/C30H27NO2/c1-20-14-24-19-33-29(32)30(24,16-20)17-21-10-12-25(13-11-21)31-18-28-26-8-4-2-6-22(26)15-23-7-3-5-9-27(23)28/h2-13,15,24,31H,1,14,16-19H2. The number of allylic oxidation sites excluding steroid dienone is 1. The van der Waals surface area contributed by atoms with Crippen LogP contribution in [0.5, 0.6) is 0 Å². The van der Waals surface area contributed by atoms with Crippen molar-refractivity contribution in [3.05, 3.63) is 102 Å². The van der Waals surface area contributed by atoms with Crippen molar-refractivity contribution in [2.75, 3.05) is 11.9 Å². The molecule has 2 atom stereocenters. The molecule has 1 heterocycles. The molecule has 2 aliphatic rings. The van der Waals surface area contributed by atoms with Crippen LogP contribution in [0, 0.1) is 11.3 Å². The zero-order chi connectivity index (χ0) is 22.4. The Kier molecular flexibility index (Phi) is 4.72. The fraction of sp³-hybridized carbons (Fsp3) is 0.233. The number of cyclic esters (lactones) is 1. The molecule has 2 fully saturated rings. The molecule has 1 aliphatic carbocycles. The zero-order valence-corrected chi connectivity index (χ0v) is 18.6. The monoisotopic (exact) mass is 433 g/mol. The molecule has 4 aromatic rings. The molecule has 164 valence electrons. The van der Waals surface area contributed by atoms with E-state index in [0.717, 1.165) is 31.5 Å². The largest absolute Gasteiger partial charge is 0.465 e. The second-order valence-corrected chi connectivity index (χ2v) is 9.61. The van der Waals surface area contributed by atoms with Gasteiger partial charge in [-0.1, -0.05) is 72.8 Å². The maximum Gasteiger partial charge on any atom is 0.313 e. The number of carbonyl (C=O) groups is 1. The lowest BCUT2D eigenvalue weighted by molar-refractivity contribution is -0.146. The number of carbonyl (C=O) groups excluding carboxylic acids is 1. The number of esters is 1. The van der Waals surface area contributed by atoms with E-state index in [2.05, 4.69) is 90.8 Å². The number of hydrogen-bond donors (Lipinski definition) is 1. The van der Waals surface area contributed by atoms with Crippen LogP contribution in [0.4, 0.5) is 5.69 Å². The Labute approximate surface area is 194 Å². The molecule has 1 saturated heterocycles. The Bertz CT molecular complexity index is 1330. The third kappa shape index (κ3) is 3.39. The lowest BCUT2D eigenvalue weighted by atomic mass is 9.75. The number of anilines is 1. The van der Waals surface area contributed by atoms with E-state index in [4.69, 9.17) is 4.74 Å². The second kappa shape index (κ2) is 7.77. The van der Waals surface area contributed by atoms with Crippen molar-refractivity contribution in [1.82, 2.24) is 0 Å². The lowest BCUT2D eigenvalue weighted by Gasteiger charge is -2.24. The molecule has 0 radical (unpaired) electrons. The first-order chi connectivity index (χ1) is 16.1. The van der Waals surface area contributed by atoms with Gasteiger partial charge in [-0.05, 0) is 70.1 Å². The van der Waals surface area contributed by atoms with Crippen molar-refractivity contribution in [2.24, 2.45) is 11.3 Å². The molecule has 4 aromatic carbocycles. The van der Waals surface area contributed by atoms with Crippen molar-refractivity contribution in [3.63, 3.8) is 0 Å². The van der Waals surface area contributed by atoms with Crippen LogP contribution in [-0.2, 0) is 22.5 Å². The van der Waals surface area contributed by atoms with Gasteiger partial charge < -0.3 is 10.1 Å². The molecule has 2 unspecified atom stereocenters. The molecule has 0 amide bonds. The summed E-state index contributed by atoms with van der Waals surface area (Å²) in [5.41, 5.74) is 4.34. The number of benzene rings is 4. The van der Waals surface area contributed by atoms with Gasteiger partial charge in [-0.25, -0.2) is 0 Å². The van der Waals surface area contributed by atoms with E-state index in [0.29, 0.717) is 6.61 Å². The number of rotatable bonds is 5. The molecule has 33 heavy (non-hydrogen) atoms.